The van der Waals surface area contributed by atoms with Crippen molar-refractivity contribution in [2.24, 2.45) is 11.8 Å². The van der Waals surface area contributed by atoms with Gasteiger partial charge in [0.25, 0.3) is 5.91 Å². The molecule has 2 N–H and O–H groups in total. The van der Waals surface area contributed by atoms with E-state index in [1.165, 1.54) is 49.2 Å². The molecule has 1 aromatic rings. The average Bonchev–Trinajstić information content (AvgIpc) is 3.49. The van der Waals surface area contributed by atoms with Crippen LogP contribution in [0, 0.1) is 11.8 Å². The van der Waals surface area contributed by atoms with E-state index in [2.05, 4.69) is 0 Å². The first-order valence-electron chi connectivity index (χ1n) is 11.7. The summed E-state index contributed by atoms with van der Waals surface area (Å²) in [6, 6.07) is 4.47. The van der Waals surface area contributed by atoms with Crippen LogP contribution in [0.15, 0.2) is 29.2 Å². The first-order chi connectivity index (χ1) is 15.8. The standard InChI is InChI=1S/C23H33N3O6S/c1-32-18-7-9-19(10-8-18)33(30,31)26-20(23(28)24-29)14-17-12-13-25(15-21(17)26)22(27)11-6-16-4-2-3-5-16/h7-10,16-17,20-21,29H,2-6,11-15H2,1H3,(H,24,28)/t17-,20-,21-/m0/s1. The number of nitrogens with zero attached hydrogens (tertiary/aromatic N) is 2. The van der Waals surface area contributed by atoms with Gasteiger partial charge in [-0.05, 0) is 55.4 Å². The lowest BCUT2D eigenvalue weighted by molar-refractivity contribution is -0.133. The monoisotopic (exact) mass is 479 g/mol. The first kappa shape index (κ1) is 24.0. The minimum Gasteiger partial charge on any atom is -0.497 e. The van der Waals surface area contributed by atoms with E-state index in [4.69, 9.17) is 4.74 Å². The van der Waals surface area contributed by atoms with Crippen LogP contribution in [-0.2, 0) is 19.6 Å². The Bertz CT molecular complexity index is 961. The summed E-state index contributed by atoms with van der Waals surface area (Å²) >= 11 is 0. The van der Waals surface area contributed by atoms with Gasteiger partial charge in [0.15, 0.2) is 0 Å². The molecule has 3 atom stereocenters. The highest BCUT2D eigenvalue weighted by Crippen LogP contribution is 2.40. The highest BCUT2D eigenvalue weighted by molar-refractivity contribution is 7.89. The van der Waals surface area contributed by atoms with E-state index in [-0.39, 0.29) is 23.3 Å². The van der Waals surface area contributed by atoms with Crippen LogP contribution >= 0.6 is 0 Å². The molecule has 3 fully saturated rings. The predicted molar refractivity (Wildman–Crippen MR) is 120 cm³/mol. The molecule has 3 aliphatic rings. The number of amides is 2. The van der Waals surface area contributed by atoms with Crippen molar-refractivity contribution in [3.8, 4) is 5.75 Å². The molecule has 9 nitrogen and oxygen atoms in total. The number of carbonyl (C=O) groups excluding carboxylic acids is 2. The van der Waals surface area contributed by atoms with E-state index in [0.29, 0.717) is 37.5 Å². The molecule has 1 aliphatic carbocycles. The van der Waals surface area contributed by atoms with Gasteiger partial charge in [-0.3, -0.25) is 14.8 Å². The van der Waals surface area contributed by atoms with Gasteiger partial charge in [-0.1, -0.05) is 25.7 Å². The van der Waals surface area contributed by atoms with Gasteiger partial charge in [0.1, 0.15) is 11.8 Å². The summed E-state index contributed by atoms with van der Waals surface area (Å²) in [5, 5.41) is 9.26. The van der Waals surface area contributed by atoms with Gasteiger partial charge in [-0.2, -0.15) is 4.31 Å². The van der Waals surface area contributed by atoms with Crippen LogP contribution in [0.4, 0.5) is 0 Å². The molecule has 182 valence electrons. The van der Waals surface area contributed by atoms with Gasteiger partial charge < -0.3 is 9.64 Å². The number of methoxy groups -OCH3 is 1. The van der Waals surface area contributed by atoms with E-state index >= 15 is 0 Å². The minimum atomic E-state index is -4.04. The molecule has 1 aromatic carbocycles. The Hall–Kier alpha value is -2.17. The maximum atomic E-state index is 13.6. The maximum absolute atomic E-state index is 13.6. The Morgan fingerprint density at radius 3 is 2.48 bits per heavy atom. The van der Waals surface area contributed by atoms with Crippen molar-refractivity contribution in [3.05, 3.63) is 24.3 Å². The van der Waals surface area contributed by atoms with Crippen molar-refractivity contribution in [1.82, 2.24) is 14.7 Å². The summed E-state index contributed by atoms with van der Waals surface area (Å²) in [4.78, 5) is 27.2. The number of hydroxylamine groups is 1. The Balaban J connectivity index is 1.55. The fourth-order valence-electron chi connectivity index (χ4n) is 5.69. The summed E-state index contributed by atoms with van der Waals surface area (Å²) in [5.41, 5.74) is 1.63. The average molecular weight is 480 g/mol. The molecule has 2 amide bonds. The lowest BCUT2D eigenvalue weighted by Gasteiger charge is -2.38. The van der Waals surface area contributed by atoms with Crippen molar-refractivity contribution in [2.45, 2.75) is 68.3 Å². The molecule has 0 bridgehead atoms. The molecular formula is C23H33N3O6S. The molecule has 33 heavy (non-hydrogen) atoms. The predicted octanol–water partition coefficient (Wildman–Crippen LogP) is 2.15. The Morgan fingerprint density at radius 2 is 1.85 bits per heavy atom. The van der Waals surface area contributed by atoms with Gasteiger partial charge in [-0.25, -0.2) is 13.9 Å². The maximum Gasteiger partial charge on any atom is 0.261 e. The number of fused-ring (bicyclic) bond motifs is 1. The number of ether oxygens (including phenoxy) is 1. The second-order valence-electron chi connectivity index (χ2n) is 9.38. The second kappa shape index (κ2) is 9.99. The third kappa shape index (κ3) is 4.88. The fourth-order valence-corrected chi connectivity index (χ4v) is 7.52. The highest BCUT2D eigenvalue weighted by atomic mass is 32.2. The Kier molecular flexibility index (Phi) is 7.25. The number of piperidine rings is 1. The van der Waals surface area contributed by atoms with Crippen molar-refractivity contribution < 1.29 is 28.0 Å². The van der Waals surface area contributed by atoms with E-state index in [0.717, 1.165) is 6.42 Å². The van der Waals surface area contributed by atoms with Crippen molar-refractivity contribution >= 4 is 21.8 Å². The number of rotatable bonds is 7. The number of nitrogens with one attached hydrogen (secondary N) is 1. The van der Waals surface area contributed by atoms with Crippen LogP contribution in [0.3, 0.4) is 0 Å². The number of likely N-dealkylation sites (tertiary alicyclic amines) is 1. The number of hydrogen-bond donors (Lipinski definition) is 2. The Labute approximate surface area is 195 Å². The molecule has 2 saturated heterocycles. The summed E-state index contributed by atoms with van der Waals surface area (Å²) < 4.78 is 33.6. The Morgan fingerprint density at radius 1 is 1.15 bits per heavy atom. The van der Waals surface area contributed by atoms with E-state index < -0.39 is 28.0 Å². The molecule has 2 aliphatic heterocycles. The molecule has 0 aromatic heterocycles. The molecule has 0 radical (unpaired) electrons. The third-order valence-electron chi connectivity index (χ3n) is 7.52. The van der Waals surface area contributed by atoms with Crippen LogP contribution in [0.2, 0.25) is 0 Å². The topological polar surface area (TPSA) is 116 Å². The van der Waals surface area contributed by atoms with Crippen LogP contribution in [0.25, 0.3) is 0 Å². The number of carbonyl (C=O) groups is 2. The van der Waals surface area contributed by atoms with Gasteiger partial charge in [0, 0.05) is 25.6 Å². The molecular weight excluding hydrogens is 446 g/mol. The fraction of sp³-hybridized carbons (Fsp3) is 0.652. The van der Waals surface area contributed by atoms with Crippen LogP contribution < -0.4 is 10.2 Å². The summed E-state index contributed by atoms with van der Waals surface area (Å²) in [5.74, 6) is 0.383. The normalized spacial score (nSPS) is 26.2. The summed E-state index contributed by atoms with van der Waals surface area (Å²) in [7, 11) is -2.55. The zero-order chi connectivity index (χ0) is 23.6. The number of sulfonamides is 1. The van der Waals surface area contributed by atoms with Gasteiger partial charge >= 0.3 is 0 Å². The molecule has 0 spiro atoms. The number of hydrogen-bond acceptors (Lipinski definition) is 6. The highest BCUT2D eigenvalue weighted by Gasteiger charge is 2.52. The van der Waals surface area contributed by atoms with E-state index in [1.807, 2.05) is 0 Å². The van der Waals surface area contributed by atoms with Crippen molar-refractivity contribution in [3.63, 3.8) is 0 Å². The summed E-state index contributed by atoms with van der Waals surface area (Å²) in [6.07, 6.45) is 7.14. The van der Waals surface area contributed by atoms with Crippen LogP contribution in [0.1, 0.15) is 51.4 Å². The smallest absolute Gasteiger partial charge is 0.261 e. The SMILES string of the molecule is COc1ccc(S(=O)(=O)N2[C@H](C(=O)NO)C[C@@H]3CCN(C(=O)CCC4CCCC4)C[C@@H]32)cc1. The molecule has 0 unspecified atom stereocenters. The van der Waals surface area contributed by atoms with Crippen LogP contribution in [-0.4, -0.2) is 66.9 Å². The van der Waals surface area contributed by atoms with E-state index in [1.54, 1.807) is 22.5 Å². The van der Waals surface area contributed by atoms with E-state index in [9.17, 15) is 23.2 Å². The zero-order valence-electron chi connectivity index (χ0n) is 19.0. The van der Waals surface area contributed by atoms with Crippen molar-refractivity contribution in [2.75, 3.05) is 20.2 Å². The minimum absolute atomic E-state index is 0.0457. The largest absolute Gasteiger partial charge is 0.497 e. The van der Waals surface area contributed by atoms with Crippen molar-refractivity contribution in [1.29, 1.82) is 0 Å². The van der Waals surface area contributed by atoms with Crippen LogP contribution in [0.5, 0.6) is 5.75 Å². The van der Waals surface area contributed by atoms with Gasteiger partial charge in [-0.15, -0.1) is 0 Å². The number of benzene rings is 1. The van der Waals surface area contributed by atoms with Gasteiger partial charge in [0.05, 0.1) is 12.0 Å². The molecule has 2 heterocycles. The summed E-state index contributed by atoms with van der Waals surface area (Å²) in [6.45, 7) is 0.827. The zero-order valence-corrected chi connectivity index (χ0v) is 19.8. The first-order valence-corrected chi connectivity index (χ1v) is 13.2. The quantitative estimate of drug-likeness (QED) is 0.457. The molecule has 10 heteroatoms. The molecule has 4 rings (SSSR count). The lowest BCUT2D eigenvalue weighted by atomic mass is 9.91. The lowest BCUT2D eigenvalue weighted by Crippen LogP contribution is -2.54. The van der Waals surface area contributed by atoms with Gasteiger partial charge in [0.2, 0.25) is 15.9 Å². The third-order valence-corrected chi connectivity index (χ3v) is 9.47. The molecule has 1 saturated carbocycles. The second-order valence-corrected chi connectivity index (χ2v) is 11.2.